The fourth-order valence-electron chi connectivity index (χ4n) is 3.11. The lowest BCUT2D eigenvalue weighted by atomic mass is 10.0. The summed E-state index contributed by atoms with van der Waals surface area (Å²) < 4.78 is 15.6. The first-order chi connectivity index (χ1) is 11.7. The van der Waals surface area contributed by atoms with Crippen molar-refractivity contribution in [3.05, 3.63) is 35.9 Å². The third-order valence-corrected chi connectivity index (χ3v) is 4.31. The van der Waals surface area contributed by atoms with Crippen molar-refractivity contribution in [2.24, 2.45) is 4.99 Å². The first kappa shape index (κ1) is 16.3. The molecule has 0 bridgehead atoms. The molecule has 1 fully saturated rings. The number of likely N-dealkylation sites (tertiary alicyclic amines) is 1. The number of carbonyl (C=O) groups is 2. The van der Waals surface area contributed by atoms with E-state index < -0.39 is 24.2 Å². The average molecular weight is 332 g/mol. The van der Waals surface area contributed by atoms with E-state index in [1.165, 1.54) is 13.5 Å². The van der Waals surface area contributed by atoms with Gasteiger partial charge < -0.3 is 19.1 Å². The second-order valence-electron chi connectivity index (χ2n) is 5.77. The summed E-state index contributed by atoms with van der Waals surface area (Å²) in [5, 5.41) is 0. The Kier molecular flexibility index (Phi) is 4.98. The zero-order valence-electron chi connectivity index (χ0n) is 13.5. The topological polar surface area (TPSA) is 77.4 Å². The van der Waals surface area contributed by atoms with E-state index in [1.807, 2.05) is 30.3 Å². The van der Waals surface area contributed by atoms with Crippen LogP contribution in [0, 0.1) is 0 Å². The van der Waals surface area contributed by atoms with Crippen molar-refractivity contribution >= 4 is 18.5 Å². The highest BCUT2D eigenvalue weighted by Crippen LogP contribution is 2.28. The van der Waals surface area contributed by atoms with Crippen molar-refractivity contribution in [1.29, 1.82) is 0 Å². The molecule has 2 heterocycles. The number of nitrogens with zero attached hydrogens (tertiary/aromatic N) is 2. The summed E-state index contributed by atoms with van der Waals surface area (Å²) in [6.07, 6.45) is 1.91. The van der Waals surface area contributed by atoms with Gasteiger partial charge in [0.2, 0.25) is 0 Å². The molecular weight excluding hydrogens is 312 g/mol. The quantitative estimate of drug-likeness (QED) is 0.785. The molecule has 24 heavy (non-hydrogen) atoms. The van der Waals surface area contributed by atoms with Crippen LogP contribution in [0.25, 0.3) is 0 Å². The number of benzene rings is 1. The summed E-state index contributed by atoms with van der Waals surface area (Å²) in [6.45, 7) is 0.789. The van der Waals surface area contributed by atoms with Gasteiger partial charge in [0, 0.05) is 6.54 Å². The molecule has 128 valence electrons. The fraction of sp³-hybridized carbons (Fsp3) is 0.471. The molecule has 1 amide bonds. The number of carbonyl (C=O) groups excluding carboxylic acids is 2. The molecule has 2 unspecified atom stereocenters. The molecule has 3 rings (SSSR count). The van der Waals surface area contributed by atoms with Crippen molar-refractivity contribution in [3.8, 4) is 0 Å². The van der Waals surface area contributed by atoms with E-state index in [0.717, 1.165) is 18.4 Å². The Morgan fingerprint density at radius 1 is 1.33 bits per heavy atom. The molecule has 2 aliphatic rings. The lowest BCUT2D eigenvalue weighted by molar-refractivity contribution is -0.144. The number of rotatable bonds is 4. The Balaban J connectivity index is 1.62. The van der Waals surface area contributed by atoms with Gasteiger partial charge in [0.25, 0.3) is 0 Å². The van der Waals surface area contributed by atoms with Gasteiger partial charge in [-0.1, -0.05) is 30.3 Å². The summed E-state index contributed by atoms with van der Waals surface area (Å²) >= 11 is 0. The van der Waals surface area contributed by atoms with Gasteiger partial charge in [-0.25, -0.2) is 14.6 Å². The van der Waals surface area contributed by atoms with Gasteiger partial charge in [-0.05, 0) is 18.4 Å². The first-order valence-corrected chi connectivity index (χ1v) is 7.93. The predicted octanol–water partition coefficient (Wildman–Crippen LogP) is 1.76. The van der Waals surface area contributed by atoms with Gasteiger partial charge in [0.05, 0.1) is 13.2 Å². The van der Waals surface area contributed by atoms with E-state index in [4.69, 9.17) is 14.2 Å². The van der Waals surface area contributed by atoms with Crippen LogP contribution in [0.15, 0.2) is 35.3 Å². The van der Waals surface area contributed by atoms with E-state index in [0.29, 0.717) is 6.54 Å². The van der Waals surface area contributed by atoms with Gasteiger partial charge >= 0.3 is 12.1 Å². The molecule has 1 aromatic rings. The lowest BCUT2D eigenvalue weighted by Crippen LogP contribution is -2.49. The summed E-state index contributed by atoms with van der Waals surface area (Å²) in [5.41, 5.74) is 0.925. The summed E-state index contributed by atoms with van der Waals surface area (Å²) in [7, 11) is 1.31. The van der Waals surface area contributed by atoms with Crippen LogP contribution in [-0.2, 0) is 25.6 Å². The molecule has 7 heteroatoms. The van der Waals surface area contributed by atoms with Crippen molar-refractivity contribution in [2.75, 3.05) is 13.7 Å². The van der Waals surface area contributed by atoms with Crippen molar-refractivity contribution < 1.29 is 23.8 Å². The first-order valence-electron chi connectivity index (χ1n) is 7.93. The molecule has 0 N–H and O–H groups in total. The van der Waals surface area contributed by atoms with E-state index in [2.05, 4.69) is 4.99 Å². The van der Waals surface area contributed by atoms with Crippen LogP contribution in [0.3, 0.4) is 0 Å². The predicted molar refractivity (Wildman–Crippen MR) is 85.5 cm³/mol. The normalized spacial score (nSPS) is 25.4. The number of hydrogen-bond acceptors (Lipinski definition) is 6. The molecule has 0 radical (unpaired) electrons. The second-order valence-corrected chi connectivity index (χ2v) is 5.77. The van der Waals surface area contributed by atoms with Crippen LogP contribution >= 0.6 is 0 Å². The standard InChI is InChI=1S/C17H20N2O5/c1-22-16(20)14-15(24-11-18-14)13-8-5-9-19(13)17(21)23-10-12-6-3-2-4-7-12/h2-4,6-7,11,13-15H,5,8-10H2,1H3/t13-,14?,15?/m0/s1. The number of amides is 1. The van der Waals surface area contributed by atoms with Crippen molar-refractivity contribution in [2.45, 2.75) is 37.6 Å². The monoisotopic (exact) mass is 332 g/mol. The smallest absolute Gasteiger partial charge is 0.410 e. The molecule has 7 nitrogen and oxygen atoms in total. The van der Waals surface area contributed by atoms with Gasteiger partial charge in [-0.3, -0.25) is 0 Å². The van der Waals surface area contributed by atoms with Crippen LogP contribution < -0.4 is 0 Å². The third-order valence-electron chi connectivity index (χ3n) is 4.31. The van der Waals surface area contributed by atoms with Crippen LogP contribution in [0.1, 0.15) is 18.4 Å². The number of ether oxygens (including phenoxy) is 3. The molecule has 3 atom stereocenters. The van der Waals surface area contributed by atoms with Crippen LogP contribution in [-0.4, -0.2) is 55.2 Å². The van der Waals surface area contributed by atoms with Crippen molar-refractivity contribution in [1.82, 2.24) is 4.90 Å². The molecule has 0 aromatic heterocycles. The van der Waals surface area contributed by atoms with Crippen molar-refractivity contribution in [3.63, 3.8) is 0 Å². The van der Waals surface area contributed by atoms with E-state index in [-0.39, 0.29) is 12.6 Å². The van der Waals surface area contributed by atoms with Gasteiger partial charge in [-0.15, -0.1) is 0 Å². The minimum atomic E-state index is -0.734. The molecule has 1 saturated heterocycles. The van der Waals surface area contributed by atoms with Gasteiger partial charge in [0.1, 0.15) is 6.61 Å². The molecule has 2 aliphatic heterocycles. The SMILES string of the molecule is COC(=O)C1N=COC1[C@@H]1CCCN1C(=O)OCc1ccccc1. The zero-order valence-corrected chi connectivity index (χ0v) is 13.5. The highest BCUT2D eigenvalue weighted by molar-refractivity contribution is 5.80. The summed E-state index contributed by atoms with van der Waals surface area (Å²) in [5.74, 6) is -0.460. The fourth-order valence-corrected chi connectivity index (χ4v) is 3.11. The Labute approximate surface area is 140 Å². The molecular formula is C17H20N2O5. The van der Waals surface area contributed by atoms with Gasteiger partial charge in [0.15, 0.2) is 18.5 Å². The Hall–Kier alpha value is -2.57. The molecule has 1 aromatic carbocycles. The van der Waals surface area contributed by atoms with Crippen LogP contribution in [0.5, 0.6) is 0 Å². The van der Waals surface area contributed by atoms with Crippen LogP contribution in [0.4, 0.5) is 4.79 Å². The number of aliphatic imine (C=N–C) groups is 1. The second kappa shape index (κ2) is 7.33. The summed E-state index contributed by atoms with van der Waals surface area (Å²) in [6, 6.07) is 8.51. The van der Waals surface area contributed by atoms with E-state index in [1.54, 1.807) is 4.90 Å². The number of hydrogen-bond donors (Lipinski definition) is 0. The van der Waals surface area contributed by atoms with Gasteiger partial charge in [-0.2, -0.15) is 0 Å². The lowest BCUT2D eigenvalue weighted by Gasteiger charge is -2.29. The Morgan fingerprint density at radius 3 is 2.88 bits per heavy atom. The minimum Gasteiger partial charge on any atom is -0.475 e. The highest BCUT2D eigenvalue weighted by Gasteiger charge is 2.45. The molecule has 0 spiro atoms. The van der Waals surface area contributed by atoms with E-state index >= 15 is 0 Å². The maximum absolute atomic E-state index is 12.4. The van der Waals surface area contributed by atoms with Crippen LogP contribution in [0.2, 0.25) is 0 Å². The molecule has 0 saturated carbocycles. The maximum Gasteiger partial charge on any atom is 0.410 e. The Morgan fingerprint density at radius 2 is 2.12 bits per heavy atom. The zero-order chi connectivity index (χ0) is 16.9. The maximum atomic E-state index is 12.4. The number of methoxy groups -OCH3 is 1. The largest absolute Gasteiger partial charge is 0.475 e. The minimum absolute atomic E-state index is 0.214. The Bertz CT molecular complexity index is 619. The highest BCUT2D eigenvalue weighted by atomic mass is 16.6. The van der Waals surface area contributed by atoms with E-state index in [9.17, 15) is 9.59 Å². The third kappa shape index (κ3) is 3.34. The number of esters is 1. The molecule has 0 aliphatic carbocycles. The average Bonchev–Trinajstić information content (AvgIpc) is 3.28. The summed E-state index contributed by atoms with van der Waals surface area (Å²) in [4.78, 5) is 29.9.